The Morgan fingerprint density at radius 2 is 1.74 bits per heavy atom. The molecule has 0 unspecified atom stereocenters. The Kier molecular flexibility index (Phi) is 5.60. The van der Waals surface area contributed by atoms with Crippen LogP contribution >= 0.6 is 0 Å². The van der Waals surface area contributed by atoms with Gasteiger partial charge in [-0.15, -0.1) is 0 Å². The van der Waals surface area contributed by atoms with E-state index < -0.39 is 15.9 Å². The molecule has 0 spiro atoms. The van der Waals surface area contributed by atoms with Crippen LogP contribution < -0.4 is 9.64 Å². The molecule has 6 nitrogen and oxygen atoms in total. The van der Waals surface area contributed by atoms with Crippen molar-refractivity contribution in [1.82, 2.24) is 0 Å². The minimum Gasteiger partial charge on any atom is -0.484 e. The highest BCUT2D eigenvalue weighted by atomic mass is 32.2. The van der Waals surface area contributed by atoms with Gasteiger partial charge in [0.05, 0.1) is 17.5 Å². The third-order valence-electron chi connectivity index (χ3n) is 4.50. The van der Waals surface area contributed by atoms with Gasteiger partial charge >= 0.3 is 0 Å². The van der Waals surface area contributed by atoms with Crippen LogP contribution in [0.1, 0.15) is 23.7 Å². The second-order valence-electron chi connectivity index (χ2n) is 6.53. The number of sulfone groups is 1. The summed E-state index contributed by atoms with van der Waals surface area (Å²) < 4.78 is 29.3. The van der Waals surface area contributed by atoms with Crippen molar-refractivity contribution in [3.63, 3.8) is 0 Å². The molecular formula is C20H21NO5S. The SMILES string of the molecule is CC(=O)c1ccc(OCC(=O)N(c2ccccc2)[C@H]2CCS(=O)(=O)C2)cc1. The Morgan fingerprint density at radius 1 is 1.07 bits per heavy atom. The number of carbonyl (C=O) groups is 2. The Bertz CT molecular complexity index is 923. The number of ether oxygens (including phenoxy) is 1. The largest absolute Gasteiger partial charge is 0.484 e. The van der Waals surface area contributed by atoms with Crippen LogP contribution in [0.4, 0.5) is 5.69 Å². The average Bonchev–Trinajstić information content (AvgIpc) is 3.00. The third kappa shape index (κ3) is 4.74. The van der Waals surface area contributed by atoms with E-state index in [2.05, 4.69) is 0 Å². The highest BCUT2D eigenvalue weighted by molar-refractivity contribution is 7.91. The summed E-state index contributed by atoms with van der Waals surface area (Å²) in [5.74, 6) is 0.164. The van der Waals surface area contributed by atoms with Crippen LogP contribution in [0, 0.1) is 0 Å². The van der Waals surface area contributed by atoms with Gasteiger partial charge in [0.1, 0.15) is 5.75 Å². The first-order valence-electron chi connectivity index (χ1n) is 8.67. The molecule has 27 heavy (non-hydrogen) atoms. The zero-order chi connectivity index (χ0) is 19.4. The van der Waals surface area contributed by atoms with Crippen LogP contribution in [0.2, 0.25) is 0 Å². The predicted molar refractivity (Wildman–Crippen MR) is 103 cm³/mol. The lowest BCUT2D eigenvalue weighted by molar-refractivity contribution is -0.121. The van der Waals surface area contributed by atoms with Crippen molar-refractivity contribution in [3.8, 4) is 5.75 Å². The van der Waals surface area contributed by atoms with Crippen molar-refractivity contribution < 1.29 is 22.7 Å². The van der Waals surface area contributed by atoms with Crippen molar-refractivity contribution in [3.05, 3.63) is 60.2 Å². The van der Waals surface area contributed by atoms with Gasteiger partial charge in [0.15, 0.2) is 22.2 Å². The van der Waals surface area contributed by atoms with Crippen molar-refractivity contribution >= 4 is 27.2 Å². The van der Waals surface area contributed by atoms with Crippen molar-refractivity contribution in [1.29, 1.82) is 0 Å². The van der Waals surface area contributed by atoms with E-state index in [1.54, 1.807) is 48.5 Å². The van der Waals surface area contributed by atoms with Gasteiger partial charge in [-0.05, 0) is 49.7 Å². The van der Waals surface area contributed by atoms with Gasteiger partial charge in [0.2, 0.25) is 0 Å². The number of para-hydroxylation sites is 1. The minimum absolute atomic E-state index is 0.0407. The molecule has 1 aliphatic rings. The molecule has 1 fully saturated rings. The molecule has 1 saturated heterocycles. The number of Topliss-reactive ketones (excluding diaryl/α,β-unsaturated/α-hetero) is 1. The average molecular weight is 387 g/mol. The van der Waals surface area contributed by atoms with Gasteiger partial charge in [-0.3, -0.25) is 9.59 Å². The van der Waals surface area contributed by atoms with Gasteiger partial charge in [0.25, 0.3) is 5.91 Å². The Labute approximate surface area is 158 Å². The van der Waals surface area contributed by atoms with E-state index in [-0.39, 0.29) is 29.8 Å². The second kappa shape index (κ2) is 7.92. The maximum absolute atomic E-state index is 12.8. The van der Waals surface area contributed by atoms with E-state index in [1.807, 2.05) is 6.07 Å². The second-order valence-corrected chi connectivity index (χ2v) is 8.75. The predicted octanol–water partition coefficient (Wildman–Crippen LogP) is 2.49. The summed E-state index contributed by atoms with van der Waals surface area (Å²) in [7, 11) is -3.13. The van der Waals surface area contributed by atoms with Crippen LogP contribution in [0.3, 0.4) is 0 Å². The van der Waals surface area contributed by atoms with E-state index in [9.17, 15) is 18.0 Å². The first kappa shape index (κ1) is 19.1. The topological polar surface area (TPSA) is 80.8 Å². The standard InChI is InChI=1S/C20H21NO5S/c1-15(22)16-7-9-19(10-8-16)26-13-20(23)21(17-5-3-2-4-6-17)18-11-12-27(24,25)14-18/h2-10,18H,11-14H2,1H3/t18-/m0/s1. The summed E-state index contributed by atoms with van der Waals surface area (Å²) in [5.41, 5.74) is 1.22. The summed E-state index contributed by atoms with van der Waals surface area (Å²) >= 11 is 0. The molecule has 2 aromatic rings. The molecule has 142 valence electrons. The lowest BCUT2D eigenvalue weighted by Crippen LogP contribution is -2.43. The zero-order valence-electron chi connectivity index (χ0n) is 15.0. The number of amides is 1. The first-order valence-corrected chi connectivity index (χ1v) is 10.5. The van der Waals surface area contributed by atoms with Crippen molar-refractivity contribution in [2.24, 2.45) is 0 Å². The van der Waals surface area contributed by atoms with Crippen LogP contribution in [-0.4, -0.2) is 44.3 Å². The Balaban J connectivity index is 1.74. The molecule has 0 radical (unpaired) electrons. The molecular weight excluding hydrogens is 366 g/mol. The lowest BCUT2D eigenvalue weighted by Gasteiger charge is -2.28. The van der Waals surface area contributed by atoms with Crippen LogP contribution in [0.5, 0.6) is 5.75 Å². The number of benzene rings is 2. The van der Waals surface area contributed by atoms with Gasteiger partial charge < -0.3 is 9.64 Å². The summed E-state index contributed by atoms with van der Waals surface area (Å²) in [5, 5.41) is 0. The van der Waals surface area contributed by atoms with Gasteiger partial charge in [-0.1, -0.05) is 18.2 Å². The van der Waals surface area contributed by atoms with Crippen molar-refractivity contribution in [2.45, 2.75) is 19.4 Å². The lowest BCUT2D eigenvalue weighted by atomic mass is 10.1. The van der Waals surface area contributed by atoms with E-state index in [0.29, 0.717) is 23.4 Å². The third-order valence-corrected chi connectivity index (χ3v) is 6.25. The number of nitrogens with zero attached hydrogens (tertiary/aromatic N) is 1. The molecule has 1 amide bonds. The van der Waals surface area contributed by atoms with E-state index in [4.69, 9.17) is 4.74 Å². The number of carbonyl (C=O) groups excluding carboxylic acids is 2. The Hall–Kier alpha value is -2.67. The number of hydrogen-bond donors (Lipinski definition) is 0. The molecule has 0 aromatic heterocycles. The number of rotatable bonds is 6. The summed E-state index contributed by atoms with van der Waals surface area (Å²) in [6, 6.07) is 15.2. The summed E-state index contributed by atoms with van der Waals surface area (Å²) in [4.78, 5) is 25.7. The molecule has 0 bridgehead atoms. The smallest absolute Gasteiger partial charge is 0.265 e. The highest BCUT2D eigenvalue weighted by Gasteiger charge is 2.35. The molecule has 1 atom stereocenters. The first-order chi connectivity index (χ1) is 12.9. The van der Waals surface area contributed by atoms with Gasteiger partial charge in [-0.25, -0.2) is 8.42 Å². The van der Waals surface area contributed by atoms with E-state index in [0.717, 1.165) is 0 Å². The van der Waals surface area contributed by atoms with Gasteiger partial charge in [0, 0.05) is 11.3 Å². The molecule has 1 heterocycles. The van der Waals surface area contributed by atoms with E-state index >= 15 is 0 Å². The zero-order valence-corrected chi connectivity index (χ0v) is 15.8. The van der Waals surface area contributed by atoms with Crippen LogP contribution in [0.25, 0.3) is 0 Å². The Morgan fingerprint density at radius 3 is 2.30 bits per heavy atom. The maximum Gasteiger partial charge on any atom is 0.265 e. The molecule has 3 rings (SSSR count). The quantitative estimate of drug-likeness (QED) is 0.712. The molecule has 0 aliphatic carbocycles. The fourth-order valence-electron chi connectivity index (χ4n) is 3.13. The normalized spacial score (nSPS) is 18.0. The molecule has 0 N–H and O–H groups in total. The number of ketones is 1. The van der Waals surface area contributed by atoms with E-state index in [1.165, 1.54) is 11.8 Å². The highest BCUT2D eigenvalue weighted by Crippen LogP contribution is 2.25. The molecule has 0 saturated carbocycles. The van der Waals surface area contributed by atoms with Crippen LogP contribution in [-0.2, 0) is 14.6 Å². The maximum atomic E-state index is 12.8. The molecule has 2 aromatic carbocycles. The molecule has 1 aliphatic heterocycles. The summed E-state index contributed by atoms with van der Waals surface area (Å²) in [6.07, 6.45) is 0.413. The van der Waals surface area contributed by atoms with Crippen molar-refractivity contribution in [2.75, 3.05) is 23.0 Å². The monoisotopic (exact) mass is 387 g/mol. The van der Waals surface area contributed by atoms with Crippen LogP contribution in [0.15, 0.2) is 54.6 Å². The molecule has 7 heteroatoms. The summed E-state index contributed by atoms with van der Waals surface area (Å²) in [6.45, 7) is 1.26. The minimum atomic E-state index is -3.13. The van der Waals surface area contributed by atoms with Gasteiger partial charge in [-0.2, -0.15) is 0 Å². The fourth-order valence-corrected chi connectivity index (χ4v) is 4.83. The number of anilines is 1. The number of hydrogen-bond acceptors (Lipinski definition) is 5. The fraction of sp³-hybridized carbons (Fsp3) is 0.300.